The fourth-order valence-electron chi connectivity index (χ4n) is 2.42. The van der Waals surface area contributed by atoms with Crippen molar-refractivity contribution in [3.05, 3.63) is 64.1 Å². The molecular weight excluding hydrogens is 423 g/mol. The number of nitrogens with one attached hydrogen (secondary N) is 2. The van der Waals surface area contributed by atoms with Crippen LogP contribution in [-0.4, -0.2) is 29.0 Å². The molecule has 1 aliphatic heterocycles. The Bertz CT molecular complexity index is 998. The standard InChI is InChI=1S/C18H12Cl2N4O3S/c19-13-7-6-10(8-14(13)20)15(25)23-21-9-12-16(26)22-18(28)24(17(12)27)11-4-2-1-3-5-11/h1-9,12H,(H,23,25)(H,22,26,28)/b21-9-/t12-/m0/s1. The predicted molar refractivity (Wildman–Crippen MR) is 111 cm³/mol. The molecule has 0 bridgehead atoms. The number of carbonyl (C=O) groups is 3. The van der Waals surface area contributed by atoms with Crippen molar-refractivity contribution < 1.29 is 14.4 Å². The first-order valence-corrected chi connectivity index (χ1v) is 9.07. The number of para-hydroxylation sites is 1. The number of hydrazone groups is 1. The molecule has 1 aliphatic rings. The number of rotatable bonds is 4. The van der Waals surface area contributed by atoms with Gasteiger partial charge in [-0.25, -0.2) is 5.43 Å². The lowest BCUT2D eigenvalue weighted by Gasteiger charge is -2.30. The molecule has 3 rings (SSSR count). The number of hydrogen-bond donors (Lipinski definition) is 2. The molecule has 0 aromatic heterocycles. The summed E-state index contributed by atoms with van der Waals surface area (Å²) in [5, 5.41) is 6.68. The fraction of sp³-hybridized carbons (Fsp3) is 0.0556. The number of nitrogens with zero attached hydrogens (tertiary/aromatic N) is 2. The molecule has 0 spiro atoms. The highest BCUT2D eigenvalue weighted by atomic mass is 35.5. The second-order valence-electron chi connectivity index (χ2n) is 5.63. The summed E-state index contributed by atoms with van der Waals surface area (Å²) in [6.45, 7) is 0. The molecule has 1 saturated heterocycles. The summed E-state index contributed by atoms with van der Waals surface area (Å²) in [6.07, 6.45) is 1.05. The Labute approximate surface area is 175 Å². The van der Waals surface area contributed by atoms with Gasteiger partial charge in [0.25, 0.3) is 11.8 Å². The van der Waals surface area contributed by atoms with Gasteiger partial charge in [0.05, 0.1) is 15.7 Å². The summed E-state index contributed by atoms with van der Waals surface area (Å²) in [7, 11) is 0. The van der Waals surface area contributed by atoms with Gasteiger partial charge in [-0.3, -0.25) is 19.3 Å². The highest BCUT2D eigenvalue weighted by molar-refractivity contribution is 7.80. The quantitative estimate of drug-likeness (QED) is 0.335. The van der Waals surface area contributed by atoms with E-state index in [1.54, 1.807) is 30.3 Å². The van der Waals surface area contributed by atoms with Crippen molar-refractivity contribution in [2.24, 2.45) is 11.0 Å². The predicted octanol–water partition coefficient (Wildman–Crippen LogP) is 2.77. The van der Waals surface area contributed by atoms with Crippen LogP contribution in [0.4, 0.5) is 5.69 Å². The van der Waals surface area contributed by atoms with Crippen LogP contribution in [0.5, 0.6) is 0 Å². The highest BCUT2D eigenvalue weighted by Crippen LogP contribution is 2.22. The van der Waals surface area contributed by atoms with Crippen LogP contribution in [0.1, 0.15) is 10.4 Å². The van der Waals surface area contributed by atoms with Crippen molar-refractivity contribution in [1.29, 1.82) is 0 Å². The zero-order chi connectivity index (χ0) is 20.3. The van der Waals surface area contributed by atoms with E-state index < -0.39 is 23.6 Å². The van der Waals surface area contributed by atoms with Gasteiger partial charge < -0.3 is 5.32 Å². The number of amides is 3. The van der Waals surface area contributed by atoms with E-state index in [-0.39, 0.29) is 15.7 Å². The lowest BCUT2D eigenvalue weighted by atomic mass is 10.1. The molecule has 10 heteroatoms. The Morgan fingerprint density at radius 3 is 2.54 bits per heavy atom. The van der Waals surface area contributed by atoms with Crippen LogP contribution in [0.2, 0.25) is 10.0 Å². The Kier molecular flexibility index (Phi) is 6.03. The van der Waals surface area contributed by atoms with Gasteiger partial charge >= 0.3 is 0 Å². The van der Waals surface area contributed by atoms with Crippen LogP contribution in [0.3, 0.4) is 0 Å². The Morgan fingerprint density at radius 1 is 1.14 bits per heavy atom. The maximum absolute atomic E-state index is 12.7. The van der Waals surface area contributed by atoms with Crippen molar-refractivity contribution in [2.45, 2.75) is 0 Å². The molecule has 2 N–H and O–H groups in total. The van der Waals surface area contributed by atoms with E-state index in [0.717, 1.165) is 6.21 Å². The Morgan fingerprint density at radius 2 is 1.86 bits per heavy atom. The minimum Gasteiger partial charge on any atom is -0.301 e. The lowest BCUT2D eigenvalue weighted by Crippen LogP contribution is -2.58. The van der Waals surface area contributed by atoms with Crippen molar-refractivity contribution in [1.82, 2.24) is 10.7 Å². The van der Waals surface area contributed by atoms with E-state index in [9.17, 15) is 14.4 Å². The fourth-order valence-corrected chi connectivity index (χ4v) is 3.01. The largest absolute Gasteiger partial charge is 0.301 e. The summed E-state index contributed by atoms with van der Waals surface area (Å²) in [5.74, 6) is -3.03. The number of anilines is 1. The van der Waals surface area contributed by atoms with E-state index in [4.69, 9.17) is 35.4 Å². The maximum atomic E-state index is 12.7. The summed E-state index contributed by atoms with van der Waals surface area (Å²) >= 11 is 16.8. The first-order valence-electron chi connectivity index (χ1n) is 7.91. The normalized spacial score (nSPS) is 17.0. The zero-order valence-corrected chi connectivity index (χ0v) is 16.4. The molecule has 0 saturated carbocycles. The average Bonchev–Trinajstić information content (AvgIpc) is 2.67. The number of carbonyl (C=O) groups excluding carboxylic acids is 3. The molecule has 1 heterocycles. The monoisotopic (exact) mass is 434 g/mol. The number of benzene rings is 2. The van der Waals surface area contributed by atoms with Crippen molar-refractivity contribution in [3.8, 4) is 0 Å². The summed E-state index contributed by atoms with van der Waals surface area (Å²) in [5.41, 5.74) is 2.98. The van der Waals surface area contributed by atoms with E-state index in [0.29, 0.717) is 10.7 Å². The molecule has 142 valence electrons. The third-order valence-electron chi connectivity index (χ3n) is 3.79. The van der Waals surface area contributed by atoms with Gasteiger partial charge in [0, 0.05) is 11.8 Å². The molecule has 1 fully saturated rings. The van der Waals surface area contributed by atoms with Crippen LogP contribution in [0.25, 0.3) is 0 Å². The molecule has 0 unspecified atom stereocenters. The van der Waals surface area contributed by atoms with Crippen LogP contribution in [0.15, 0.2) is 53.6 Å². The Balaban J connectivity index is 1.74. The van der Waals surface area contributed by atoms with Gasteiger partial charge in [-0.05, 0) is 42.5 Å². The van der Waals surface area contributed by atoms with Crippen molar-refractivity contribution in [2.75, 3.05) is 4.90 Å². The SMILES string of the molecule is O=C(N/N=C\[C@H]1C(=O)NC(=S)N(c2ccccc2)C1=O)c1ccc(Cl)c(Cl)c1. The molecule has 2 aromatic carbocycles. The molecule has 3 amide bonds. The smallest absolute Gasteiger partial charge is 0.271 e. The molecule has 7 nitrogen and oxygen atoms in total. The number of thiocarbonyl (C=S) groups is 1. The topological polar surface area (TPSA) is 90.9 Å². The van der Waals surface area contributed by atoms with Gasteiger partial charge in [0.1, 0.15) is 0 Å². The summed E-state index contributed by atoms with van der Waals surface area (Å²) in [4.78, 5) is 38.2. The third kappa shape index (κ3) is 4.19. The minimum absolute atomic E-state index is 0.0225. The second kappa shape index (κ2) is 8.47. The van der Waals surface area contributed by atoms with Crippen LogP contribution in [0, 0.1) is 5.92 Å². The zero-order valence-electron chi connectivity index (χ0n) is 14.1. The van der Waals surface area contributed by atoms with E-state index in [1.807, 2.05) is 0 Å². The number of hydrogen-bond acceptors (Lipinski definition) is 5. The average molecular weight is 435 g/mol. The van der Waals surface area contributed by atoms with Crippen molar-refractivity contribution >= 4 is 70.2 Å². The molecule has 0 aliphatic carbocycles. The van der Waals surface area contributed by atoms with Gasteiger partial charge in [-0.2, -0.15) is 5.10 Å². The Hall–Kier alpha value is -2.81. The molecular formula is C18H12Cl2N4O3S. The van der Waals surface area contributed by atoms with Crippen LogP contribution < -0.4 is 15.6 Å². The summed E-state index contributed by atoms with van der Waals surface area (Å²) < 4.78 is 0. The van der Waals surface area contributed by atoms with Crippen molar-refractivity contribution in [3.63, 3.8) is 0 Å². The third-order valence-corrected chi connectivity index (χ3v) is 4.81. The summed E-state index contributed by atoms with van der Waals surface area (Å²) in [6, 6.07) is 12.9. The minimum atomic E-state index is -1.25. The van der Waals surface area contributed by atoms with Crippen LogP contribution in [-0.2, 0) is 9.59 Å². The van der Waals surface area contributed by atoms with E-state index in [2.05, 4.69) is 15.8 Å². The maximum Gasteiger partial charge on any atom is 0.271 e. The van der Waals surface area contributed by atoms with E-state index >= 15 is 0 Å². The first kappa shape index (κ1) is 19.9. The molecule has 28 heavy (non-hydrogen) atoms. The highest BCUT2D eigenvalue weighted by Gasteiger charge is 2.38. The van der Waals surface area contributed by atoms with Gasteiger partial charge in [0.2, 0.25) is 5.91 Å². The second-order valence-corrected chi connectivity index (χ2v) is 6.83. The molecule has 0 radical (unpaired) electrons. The first-order chi connectivity index (χ1) is 13.4. The van der Waals surface area contributed by atoms with Gasteiger partial charge in [-0.15, -0.1) is 0 Å². The van der Waals surface area contributed by atoms with Gasteiger partial charge in [-0.1, -0.05) is 41.4 Å². The van der Waals surface area contributed by atoms with Crippen LogP contribution >= 0.6 is 35.4 Å². The number of halogens is 2. The lowest BCUT2D eigenvalue weighted by molar-refractivity contribution is -0.130. The van der Waals surface area contributed by atoms with Gasteiger partial charge in [0.15, 0.2) is 11.0 Å². The van der Waals surface area contributed by atoms with E-state index in [1.165, 1.54) is 23.1 Å². The molecule has 2 aromatic rings. The molecule has 1 atom stereocenters.